The molecule has 0 spiro atoms. The van der Waals surface area contributed by atoms with Gasteiger partial charge in [-0.05, 0) is 61.1 Å². The topological polar surface area (TPSA) is 29.1 Å². The van der Waals surface area contributed by atoms with Gasteiger partial charge in [0.1, 0.15) is 0 Å². The molecule has 2 nitrogen and oxygen atoms in total. The van der Waals surface area contributed by atoms with Crippen LogP contribution in [-0.4, -0.2) is 10.5 Å². The summed E-state index contributed by atoms with van der Waals surface area (Å²) in [5.74, 6) is 0.709. The van der Waals surface area contributed by atoms with Crippen LogP contribution in [0.1, 0.15) is 43.0 Å². The van der Waals surface area contributed by atoms with E-state index in [4.69, 9.17) is 11.6 Å². The first-order chi connectivity index (χ1) is 11.0. The highest BCUT2D eigenvalue weighted by molar-refractivity contribution is 7.84. The first-order valence-corrected chi connectivity index (χ1v) is 9.93. The maximum Gasteiger partial charge on any atom is 0.0498 e. The molecule has 3 unspecified atom stereocenters. The van der Waals surface area contributed by atoms with E-state index in [1.807, 2.05) is 24.3 Å². The van der Waals surface area contributed by atoms with Crippen LogP contribution in [0, 0.1) is 5.92 Å². The Balaban J connectivity index is 1.74. The van der Waals surface area contributed by atoms with Gasteiger partial charge in [-0.1, -0.05) is 35.9 Å². The molecule has 0 heterocycles. The Morgan fingerprint density at radius 2 is 1.61 bits per heavy atom. The molecule has 1 aliphatic carbocycles. The molecule has 3 rings (SSSR count). The van der Waals surface area contributed by atoms with Crippen molar-refractivity contribution >= 4 is 22.4 Å². The zero-order valence-corrected chi connectivity index (χ0v) is 15.0. The van der Waals surface area contributed by atoms with Gasteiger partial charge in [0.25, 0.3) is 0 Å². The molecule has 1 saturated carbocycles. The van der Waals surface area contributed by atoms with Crippen molar-refractivity contribution in [3.05, 3.63) is 64.7 Å². The summed E-state index contributed by atoms with van der Waals surface area (Å²) in [5, 5.41) is 4.54. The van der Waals surface area contributed by atoms with Crippen LogP contribution in [0.3, 0.4) is 0 Å². The second-order valence-electron chi connectivity index (χ2n) is 6.28. The van der Waals surface area contributed by atoms with Crippen LogP contribution in [0.25, 0.3) is 0 Å². The fourth-order valence-corrected chi connectivity index (χ4v) is 3.56. The summed E-state index contributed by atoms with van der Waals surface area (Å²) >= 11 is 6.01. The highest BCUT2D eigenvalue weighted by Crippen LogP contribution is 2.42. The van der Waals surface area contributed by atoms with E-state index in [0.29, 0.717) is 12.0 Å². The van der Waals surface area contributed by atoms with Crippen LogP contribution in [0.15, 0.2) is 53.4 Å². The van der Waals surface area contributed by atoms with Crippen molar-refractivity contribution in [2.45, 2.75) is 36.7 Å². The van der Waals surface area contributed by atoms with E-state index in [1.165, 1.54) is 24.0 Å². The van der Waals surface area contributed by atoms with Crippen molar-refractivity contribution in [3.8, 4) is 0 Å². The highest BCUT2D eigenvalue weighted by atomic mass is 35.5. The SMILES string of the molecule is CC(NC(c1ccc(Cl)cc1)C1CC1)c1ccc(S(C)=O)cc1. The molecule has 3 atom stereocenters. The molecular formula is C19H22ClNOS. The molecule has 2 aromatic rings. The third-order valence-corrected chi connectivity index (χ3v) is 5.65. The van der Waals surface area contributed by atoms with Gasteiger partial charge in [0, 0.05) is 39.1 Å². The van der Waals surface area contributed by atoms with Gasteiger partial charge in [-0.3, -0.25) is 4.21 Å². The minimum absolute atomic E-state index is 0.246. The minimum Gasteiger partial charge on any atom is -0.303 e. The Hall–Kier alpha value is -1.16. The smallest absolute Gasteiger partial charge is 0.0498 e. The lowest BCUT2D eigenvalue weighted by molar-refractivity contribution is 0.427. The summed E-state index contributed by atoms with van der Waals surface area (Å²) in [7, 11) is -0.923. The van der Waals surface area contributed by atoms with Gasteiger partial charge in [-0.25, -0.2) is 0 Å². The predicted molar refractivity (Wildman–Crippen MR) is 97.2 cm³/mol. The average Bonchev–Trinajstić information content (AvgIpc) is 3.38. The maximum absolute atomic E-state index is 11.5. The lowest BCUT2D eigenvalue weighted by atomic mass is 9.99. The number of halogens is 1. The second-order valence-corrected chi connectivity index (χ2v) is 8.09. The largest absolute Gasteiger partial charge is 0.303 e. The first kappa shape index (κ1) is 16.7. The van der Waals surface area contributed by atoms with Gasteiger partial charge in [-0.15, -0.1) is 0 Å². The van der Waals surface area contributed by atoms with Gasteiger partial charge in [0.2, 0.25) is 0 Å². The van der Waals surface area contributed by atoms with E-state index >= 15 is 0 Å². The molecule has 0 amide bonds. The zero-order chi connectivity index (χ0) is 16.4. The molecule has 122 valence electrons. The van der Waals surface area contributed by atoms with Crippen LogP contribution in [0.4, 0.5) is 0 Å². The Bertz CT molecular complexity index is 680. The van der Waals surface area contributed by atoms with Crippen molar-refractivity contribution < 1.29 is 4.21 Å². The van der Waals surface area contributed by atoms with Gasteiger partial charge in [0.15, 0.2) is 0 Å². The van der Waals surface area contributed by atoms with E-state index in [2.05, 4.69) is 36.5 Å². The molecule has 1 N–H and O–H groups in total. The van der Waals surface area contributed by atoms with Crippen molar-refractivity contribution in [2.24, 2.45) is 5.92 Å². The number of rotatable bonds is 6. The van der Waals surface area contributed by atoms with Gasteiger partial charge in [-0.2, -0.15) is 0 Å². The van der Waals surface area contributed by atoms with E-state index in [1.54, 1.807) is 6.26 Å². The lowest BCUT2D eigenvalue weighted by Crippen LogP contribution is -2.26. The summed E-state index contributed by atoms with van der Waals surface area (Å²) in [5.41, 5.74) is 2.52. The van der Waals surface area contributed by atoms with Crippen molar-refractivity contribution in [1.82, 2.24) is 5.32 Å². The zero-order valence-electron chi connectivity index (χ0n) is 13.5. The molecule has 0 bridgehead atoms. The summed E-state index contributed by atoms with van der Waals surface area (Å²) in [6.45, 7) is 2.18. The first-order valence-electron chi connectivity index (χ1n) is 7.99. The summed E-state index contributed by atoms with van der Waals surface area (Å²) < 4.78 is 11.5. The Labute approximate surface area is 145 Å². The molecule has 1 fully saturated rings. The monoisotopic (exact) mass is 347 g/mol. The molecule has 0 saturated heterocycles. The third kappa shape index (κ3) is 4.23. The molecule has 1 aliphatic rings. The fraction of sp³-hybridized carbons (Fsp3) is 0.368. The molecule has 0 radical (unpaired) electrons. The second kappa shape index (κ2) is 7.16. The van der Waals surface area contributed by atoms with Crippen LogP contribution in [0.2, 0.25) is 5.02 Å². The molecule has 23 heavy (non-hydrogen) atoms. The summed E-state index contributed by atoms with van der Waals surface area (Å²) in [4.78, 5) is 0.873. The minimum atomic E-state index is -0.923. The molecule has 4 heteroatoms. The number of nitrogens with one attached hydrogen (secondary N) is 1. The van der Waals surface area contributed by atoms with E-state index in [-0.39, 0.29) is 6.04 Å². The predicted octanol–water partition coefficient (Wildman–Crippen LogP) is 4.88. The van der Waals surface area contributed by atoms with Crippen LogP contribution >= 0.6 is 11.6 Å². The third-order valence-electron chi connectivity index (χ3n) is 4.46. The Morgan fingerprint density at radius 3 is 2.13 bits per heavy atom. The van der Waals surface area contributed by atoms with E-state index in [9.17, 15) is 4.21 Å². The van der Waals surface area contributed by atoms with Gasteiger partial charge < -0.3 is 5.32 Å². The fourth-order valence-electron chi connectivity index (χ4n) is 2.92. The summed E-state index contributed by atoms with van der Waals surface area (Å²) in [6, 6.07) is 16.8. The molecule has 0 aromatic heterocycles. The standard InChI is InChI=1S/C19H22ClNOS/c1-13(14-7-11-18(12-8-14)23(2)22)21-19(15-3-4-15)16-5-9-17(20)10-6-16/h5-13,15,19,21H,3-4H2,1-2H3. The van der Waals surface area contributed by atoms with Crippen LogP contribution in [0.5, 0.6) is 0 Å². The van der Waals surface area contributed by atoms with E-state index in [0.717, 1.165) is 9.92 Å². The van der Waals surface area contributed by atoms with Gasteiger partial charge >= 0.3 is 0 Å². The molecule has 2 aromatic carbocycles. The number of hydrogen-bond donors (Lipinski definition) is 1. The van der Waals surface area contributed by atoms with Crippen LogP contribution in [-0.2, 0) is 10.8 Å². The average molecular weight is 348 g/mol. The normalized spacial score (nSPS) is 18.4. The summed E-state index contributed by atoms with van der Waals surface area (Å²) in [6.07, 6.45) is 4.27. The van der Waals surface area contributed by atoms with Crippen molar-refractivity contribution in [1.29, 1.82) is 0 Å². The van der Waals surface area contributed by atoms with E-state index < -0.39 is 10.8 Å². The van der Waals surface area contributed by atoms with Crippen LogP contribution < -0.4 is 5.32 Å². The molecular weight excluding hydrogens is 326 g/mol. The quantitative estimate of drug-likeness (QED) is 0.806. The van der Waals surface area contributed by atoms with Crippen molar-refractivity contribution in [2.75, 3.05) is 6.26 Å². The lowest BCUT2D eigenvalue weighted by Gasteiger charge is -2.24. The Morgan fingerprint density at radius 1 is 1.04 bits per heavy atom. The Kier molecular flexibility index (Phi) is 5.20. The maximum atomic E-state index is 11.5. The number of hydrogen-bond acceptors (Lipinski definition) is 2. The highest BCUT2D eigenvalue weighted by Gasteiger charge is 2.33. The van der Waals surface area contributed by atoms with Gasteiger partial charge in [0.05, 0.1) is 0 Å². The number of benzene rings is 2. The molecule has 0 aliphatic heterocycles. The van der Waals surface area contributed by atoms with Crippen molar-refractivity contribution in [3.63, 3.8) is 0 Å².